The van der Waals surface area contributed by atoms with Crippen LogP contribution in [0.1, 0.15) is 5.69 Å². The zero-order valence-corrected chi connectivity index (χ0v) is 14.0. The summed E-state index contributed by atoms with van der Waals surface area (Å²) >= 11 is 4.26. The van der Waals surface area contributed by atoms with Gasteiger partial charge in [0.15, 0.2) is 10.7 Å². The van der Waals surface area contributed by atoms with Crippen LogP contribution >= 0.6 is 27.7 Å². The number of halogens is 2. The second-order valence-corrected chi connectivity index (χ2v) is 6.24. The van der Waals surface area contributed by atoms with E-state index in [1.807, 2.05) is 0 Å². The van der Waals surface area contributed by atoms with E-state index in [0.29, 0.717) is 16.5 Å². The van der Waals surface area contributed by atoms with Crippen molar-refractivity contribution < 1.29 is 19.3 Å². The highest BCUT2D eigenvalue weighted by molar-refractivity contribution is 9.10. The van der Waals surface area contributed by atoms with Crippen LogP contribution in [0.4, 0.5) is 10.1 Å². The second kappa shape index (κ2) is 8.24. The predicted molar refractivity (Wildman–Crippen MR) is 86.1 cm³/mol. The summed E-state index contributed by atoms with van der Waals surface area (Å²) in [6.45, 7) is -0.170. The number of hydrogen-bond acceptors (Lipinski definition) is 8. The summed E-state index contributed by atoms with van der Waals surface area (Å²) in [7, 11) is 0. The van der Waals surface area contributed by atoms with Crippen LogP contribution in [-0.4, -0.2) is 44.9 Å². The summed E-state index contributed by atoms with van der Waals surface area (Å²) in [4.78, 5) is 0. The largest absolute Gasteiger partial charge is 0.409 e. The van der Waals surface area contributed by atoms with Gasteiger partial charge in [-0.05, 0) is 44.4 Å². The van der Waals surface area contributed by atoms with E-state index in [9.17, 15) is 9.60 Å². The highest BCUT2D eigenvalue weighted by Gasteiger charge is 2.19. The highest BCUT2D eigenvalue weighted by atomic mass is 79.9. The molecule has 1 atom stereocenters. The summed E-state index contributed by atoms with van der Waals surface area (Å²) in [6.07, 6.45) is 0. The number of benzene rings is 1. The molecule has 0 bridgehead atoms. The monoisotopic (exact) mass is 405 g/mol. The fourth-order valence-electron chi connectivity index (χ4n) is 1.50. The molecule has 0 aliphatic carbocycles. The van der Waals surface area contributed by atoms with Crippen molar-refractivity contribution in [1.29, 1.82) is 0 Å². The smallest absolute Gasteiger partial charge is 0.202 e. The number of aliphatic hydroxyl groups excluding tert-OH is 1. The summed E-state index contributed by atoms with van der Waals surface area (Å²) in [5.41, 5.74) is 6.26. The molecule has 2 aromatic rings. The zero-order chi connectivity index (χ0) is 16.8. The van der Waals surface area contributed by atoms with Crippen LogP contribution in [-0.2, 0) is 0 Å². The number of nitrogens with one attached hydrogen (secondary N) is 1. The molecule has 124 valence electrons. The van der Waals surface area contributed by atoms with Crippen molar-refractivity contribution >= 4 is 39.2 Å². The molecule has 11 heteroatoms. The predicted octanol–water partition coefficient (Wildman–Crippen LogP) is 1.63. The third-order valence-electron chi connectivity index (χ3n) is 2.63. The third-order valence-corrected chi connectivity index (χ3v) is 4.38. The lowest BCUT2D eigenvalue weighted by atomic mass is 10.3. The van der Waals surface area contributed by atoms with Crippen LogP contribution in [0.25, 0.3) is 0 Å². The van der Waals surface area contributed by atoms with E-state index in [1.165, 1.54) is 30.0 Å². The van der Waals surface area contributed by atoms with Gasteiger partial charge in [0.05, 0.1) is 11.1 Å². The molecule has 0 unspecified atom stereocenters. The Bertz CT molecular complexity index is 699. The molecule has 0 saturated heterocycles. The fourth-order valence-corrected chi connectivity index (χ4v) is 2.71. The Kier molecular flexibility index (Phi) is 6.33. The zero-order valence-electron chi connectivity index (χ0n) is 11.6. The lowest BCUT2D eigenvalue weighted by Crippen LogP contribution is -2.27. The average molecular weight is 406 g/mol. The molecule has 1 heterocycles. The minimum Gasteiger partial charge on any atom is -0.409 e. The Balaban J connectivity index is 2.15. The summed E-state index contributed by atoms with van der Waals surface area (Å²) < 4.78 is 18.1. The van der Waals surface area contributed by atoms with Gasteiger partial charge in [0.25, 0.3) is 0 Å². The number of nitrogens with two attached hydrogens (primary N) is 1. The molecule has 2 rings (SSSR count). The van der Waals surface area contributed by atoms with Gasteiger partial charge in [-0.25, -0.2) is 9.02 Å². The molecular weight excluding hydrogens is 393 g/mol. The van der Waals surface area contributed by atoms with Crippen molar-refractivity contribution in [2.24, 2.45) is 10.9 Å². The van der Waals surface area contributed by atoms with Crippen molar-refractivity contribution in [2.75, 3.05) is 17.7 Å². The standard InChI is InChI=1S/C12H13BrFN5O3S/c13-8-3-7(1-2-9(8)14)16-11(17-21)10-12(19-22-18-10)23-5-6(15)4-20/h1-3,6,20-21H,4-5,15H2,(H,16,17)/t6-/m1/s1. The van der Waals surface area contributed by atoms with E-state index < -0.39 is 11.9 Å². The quantitative estimate of drug-likeness (QED) is 0.187. The van der Waals surface area contributed by atoms with Gasteiger partial charge in [0.2, 0.25) is 5.84 Å². The number of aliphatic hydroxyl groups is 1. The maximum atomic E-state index is 13.2. The topological polar surface area (TPSA) is 130 Å². The first-order chi connectivity index (χ1) is 11.0. The molecular formula is C12H13BrFN5O3S. The Morgan fingerprint density at radius 1 is 1.52 bits per heavy atom. The average Bonchev–Trinajstić information content (AvgIpc) is 3.01. The van der Waals surface area contributed by atoms with Crippen molar-refractivity contribution in [1.82, 2.24) is 10.3 Å². The molecule has 0 radical (unpaired) electrons. The number of anilines is 1. The third kappa shape index (κ3) is 4.64. The van der Waals surface area contributed by atoms with Crippen LogP contribution in [0.15, 0.2) is 37.5 Å². The first-order valence-electron chi connectivity index (χ1n) is 6.31. The maximum absolute atomic E-state index is 13.2. The molecule has 0 saturated carbocycles. The van der Waals surface area contributed by atoms with Crippen molar-refractivity contribution in [3.63, 3.8) is 0 Å². The molecule has 0 fully saturated rings. The van der Waals surface area contributed by atoms with Gasteiger partial charge in [0, 0.05) is 17.5 Å². The Labute approximate surface area is 143 Å². The first-order valence-corrected chi connectivity index (χ1v) is 8.09. The van der Waals surface area contributed by atoms with Crippen LogP contribution in [0.5, 0.6) is 0 Å². The Morgan fingerprint density at radius 2 is 2.30 bits per heavy atom. The SMILES string of the molecule is N[C@H](CO)CSc1nonc1C(=NO)Nc1ccc(F)c(Br)c1. The van der Waals surface area contributed by atoms with Crippen molar-refractivity contribution in [2.45, 2.75) is 11.1 Å². The van der Waals surface area contributed by atoms with Crippen LogP contribution in [0, 0.1) is 5.82 Å². The van der Waals surface area contributed by atoms with Gasteiger partial charge in [-0.2, -0.15) is 0 Å². The molecule has 0 amide bonds. The highest BCUT2D eigenvalue weighted by Crippen LogP contribution is 2.23. The Morgan fingerprint density at radius 3 is 2.96 bits per heavy atom. The minimum atomic E-state index is -0.430. The van der Waals surface area contributed by atoms with E-state index in [2.05, 4.69) is 41.3 Å². The van der Waals surface area contributed by atoms with Crippen LogP contribution in [0.2, 0.25) is 0 Å². The molecule has 0 aliphatic heterocycles. The van der Waals surface area contributed by atoms with Gasteiger partial charge < -0.3 is 21.4 Å². The number of rotatable bonds is 6. The van der Waals surface area contributed by atoms with Crippen molar-refractivity contribution in [3.05, 3.63) is 34.2 Å². The maximum Gasteiger partial charge on any atom is 0.202 e. The van der Waals surface area contributed by atoms with Crippen LogP contribution in [0.3, 0.4) is 0 Å². The molecule has 8 nitrogen and oxygen atoms in total. The molecule has 23 heavy (non-hydrogen) atoms. The summed E-state index contributed by atoms with van der Waals surface area (Å²) in [5, 5.41) is 31.7. The number of oxime groups is 1. The number of nitrogens with zero attached hydrogens (tertiary/aromatic N) is 3. The molecule has 1 aromatic carbocycles. The van der Waals surface area contributed by atoms with Gasteiger partial charge in [-0.15, -0.1) is 0 Å². The number of amidine groups is 1. The molecule has 5 N–H and O–H groups in total. The minimum absolute atomic E-state index is 0.0233. The van der Waals surface area contributed by atoms with Crippen LogP contribution < -0.4 is 11.1 Å². The Hall–Kier alpha value is -1.69. The number of aromatic nitrogens is 2. The summed E-state index contributed by atoms with van der Waals surface area (Å²) in [6, 6.07) is 3.76. The molecule has 0 spiro atoms. The van der Waals surface area contributed by atoms with Gasteiger partial charge >= 0.3 is 0 Å². The van der Waals surface area contributed by atoms with E-state index in [1.54, 1.807) is 0 Å². The van der Waals surface area contributed by atoms with Gasteiger partial charge in [-0.3, -0.25) is 0 Å². The van der Waals surface area contributed by atoms with E-state index in [4.69, 9.17) is 10.8 Å². The summed E-state index contributed by atoms with van der Waals surface area (Å²) in [5.74, 6) is -0.0707. The van der Waals surface area contributed by atoms with E-state index in [-0.39, 0.29) is 22.6 Å². The van der Waals surface area contributed by atoms with Gasteiger partial charge in [-0.1, -0.05) is 16.9 Å². The van der Waals surface area contributed by atoms with Crippen molar-refractivity contribution in [3.8, 4) is 0 Å². The van der Waals surface area contributed by atoms with E-state index >= 15 is 0 Å². The normalized spacial score (nSPS) is 13.1. The number of thioether (sulfide) groups is 1. The second-order valence-electron chi connectivity index (χ2n) is 4.37. The fraction of sp³-hybridized carbons (Fsp3) is 0.250. The molecule has 0 aliphatic rings. The number of hydrogen-bond donors (Lipinski definition) is 4. The lowest BCUT2D eigenvalue weighted by molar-refractivity contribution is 0.275. The molecule has 1 aromatic heterocycles. The van der Waals surface area contributed by atoms with E-state index in [0.717, 1.165) is 0 Å². The lowest BCUT2D eigenvalue weighted by Gasteiger charge is -2.08. The van der Waals surface area contributed by atoms with Gasteiger partial charge in [0.1, 0.15) is 5.82 Å². The first kappa shape index (κ1) is 17.7.